The van der Waals surface area contributed by atoms with Gasteiger partial charge in [0.1, 0.15) is 5.75 Å². The van der Waals surface area contributed by atoms with Crippen molar-refractivity contribution in [1.29, 1.82) is 0 Å². The molecule has 1 aliphatic rings. The predicted octanol–water partition coefficient (Wildman–Crippen LogP) is 2.99. The summed E-state index contributed by atoms with van der Waals surface area (Å²) in [6.45, 7) is 4.72. The third-order valence-corrected chi connectivity index (χ3v) is 3.95. The Morgan fingerprint density at radius 3 is 2.95 bits per heavy atom. The van der Waals surface area contributed by atoms with Gasteiger partial charge in [-0.2, -0.15) is 5.10 Å². The summed E-state index contributed by atoms with van der Waals surface area (Å²) >= 11 is 0. The van der Waals surface area contributed by atoms with E-state index in [2.05, 4.69) is 11.3 Å². The van der Waals surface area contributed by atoms with Gasteiger partial charge < -0.3 is 9.84 Å². The molecule has 1 fully saturated rings. The first-order valence-corrected chi connectivity index (χ1v) is 7.12. The van der Waals surface area contributed by atoms with Gasteiger partial charge in [0, 0.05) is 31.5 Å². The highest BCUT2D eigenvalue weighted by Crippen LogP contribution is 2.27. The number of ether oxygens (including phenoxy) is 1. The van der Waals surface area contributed by atoms with Gasteiger partial charge in [-0.1, -0.05) is 6.07 Å². The second-order valence-electron chi connectivity index (χ2n) is 5.51. The summed E-state index contributed by atoms with van der Waals surface area (Å²) < 4.78 is 7.39. The molecule has 1 N–H and O–H groups in total. The largest absolute Gasteiger partial charge is 0.508 e. The Kier molecular flexibility index (Phi) is 3.74. The lowest BCUT2D eigenvalue weighted by Crippen LogP contribution is -2.20. The smallest absolute Gasteiger partial charge is 0.116 e. The van der Waals surface area contributed by atoms with Gasteiger partial charge >= 0.3 is 0 Å². The zero-order chi connectivity index (χ0) is 13.9. The molecule has 1 aliphatic heterocycles. The third kappa shape index (κ3) is 2.85. The monoisotopic (exact) mass is 272 g/mol. The van der Waals surface area contributed by atoms with Gasteiger partial charge in [0.15, 0.2) is 0 Å². The summed E-state index contributed by atoms with van der Waals surface area (Å²) in [5.41, 5.74) is 3.25. The van der Waals surface area contributed by atoms with Crippen LogP contribution in [0, 0.1) is 12.8 Å². The lowest BCUT2D eigenvalue weighted by Gasteiger charge is -2.21. The van der Waals surface area contributed by atoms with E-state index in [4.69, 9.17) is 4.74 Å². The molecule has 1 saturated heterocycles. The summed E-state index contributed by atoms with van der Waals surface area (Å²) in [6, 6.07) is 5.44. The Balaban J connectivity index is 1.77. The first-order chi connectivity index (χ1) is 9.72. The maximum atomic E-state index is 9.63. The molecule has 0 bridgehead atoms. The van der Waals surface area contributed by atoms with Crippen molar-refractivity contribution >= 4 is 0 Å². The summed E-state index contributed by atoms with van der Waals surface area (Å²) in [5, 5.41) is 14.1. The van der Waals surface area contributed by atoms with Crippen molar-refractivity contribution < 1.29 is 9.84 Å². The first-order valence-electron chi connectivity index (χ1n) is 7.12. The molecule has 0 spiro atoms. The summed E-state index contributed by atoms with van der Waals surface area (Å²) in [7, 11) is 0. The molecule has 2 heterocycles. The van der Waals surface area contributed by atoms with Crippen molar-refractivity contribution in [1.82, 2.24) is 9.78 Å². The van der Waals surface area contributed by atoms with Crippen molar-refractivity contribution in [2.24, 2.45) is 5.92 Å². The molecule has 106 valence electrons. The van der Waals surface area contributed by atoms with Crippen LogP contribution >= 0.6 is 0 Å². The van der Waals surface area contributed by atoms with E-state index in [1.165, 1.54) is 0 Å². The van der Waals surface area contributed by atoms with Gasteiger partial charge in [-0.05, 0) is 48.9 Å². The molecule has 3 rings (SSSR count). The van der Waals surface area contributed by atoms with Gasteiger partial charge in [-0.25, -0.2) is 0 Å². The van der Waals surface area contributed by atoms with E-state index in [0.29, 0.717) is 11.7 Å². The molecular formula is C16H20N2O2. The molecular weight excluding hydrogens is 252 g/mol. The normalized spacial score (nSPS) is 16.4. The number of phenolic OH excluding ortho intramolecular Hbond substituents is 1. The molecule has 0 atom stereocenters. The van der Waals surface area contributed by atoms with Crippen LogP contribution in [0.15, 0.2) is 30.6 Å². The number of aromatic hydroxyl groups is 1. The van der Waals surface area contributed by atoms with E-state index in [1.807, 2.05) is 23.9 Å². The number of hydrogen-bond acceptors (Lipinski definition) is 3. The van der Waals surface area contributed by atoms with Crippen molar-refractivity contribution in [2.75, 3.05) is 13.2 Å². The van der Waals surface area contributed by atoms with Crippen LogP contribution in [0.2, 0.25) is 0 Å². The molecule has 0 amide bonds. The van der Waals surface area contributed by atoms with E-state index in [-0.39, 0.29) is 0 Å². The van der Waals surface area contributed by atoms with Crippen molar-refractivity contribution in [3.8, 4) is 16.9 Å². The highest BCUT2D eigenvalue weighted by Gasteiger charge is 2.15. The number of benzene rings is 1. The Labute approximate surface area is 119 Å². The van der Waals surface area contributed by atoms with Crippen molar-refractivity contribution in [2.45, 2.75) is 26.3 Å². The molecule has 4 heteroatoms. The van der Waals surface area contributed by atoms with Crippen LogP contribution in [0.3, 0.4) is 0 Å². The fraction of sp³-hybridized carbons (Fsp3) is 0.438. The second kappa shape index (κ2) is 5.67. The number of aryl methyl sites for hydroxylation is 1. The van der Waals surface area contributed by atoms with Crippen LogP contribution in [-0.4, -0.2) is 28.1 Å². The number of rotatable bonds is 3. The van der Waals surface area contributed by atoms with Crippen LogP contribution in [0.4, 0.5) is 0 Å². The Morgan fingerprint density at radius 1 is 1.35 bits per heavy atom. The van der Waals surface area contributed by atoms with E-state index in [0.717, 1.165) is 49.3 Å². The molecule has 20 heavy (non-hydrogen) atoms. The highest BCUT2D eigenvalue weighted by atomic mass is 16.5. The van der Waals surface area contributed by atoms with Crippen LogP contribution in [-0.2, 0) is 11.3 Å². The quantitative estimate of drug-likeness (QED) is 0.934. The molecule has 4 nitrogen and oxygen atoms in total. The Hall–Kier alpha value is -1.81. The van der Waals surface area contributed by atoms with Gasteiger partial charge in [0.2, 0.25) is 0 Å². The lowest BCUT2D eigenvalue weighted by atomic mass is 10.0. The lowest BCUT2D eigenvalue weighted by molar-refractivity contribution is 0.0601. The number of phenols is 1. The van der Waals surface area contributed by atoms with Gasteiger partial charge in [0.25, 0.3) is 0 Å². The van der Waals surface area contributed by atoms with Crippen molar-refractivity contribution in [3.63, 3.8) is 0 Å². The van der Waals surface area contributed by atoms with E-state index >= 15 is 0 Å². The predicted molar refractivity (Wildman–Crippen MR) is 77.6 cm³/mol. The second-order valence-corrected chi connectivity index (χ2v) is 5.51. The van der Waals surface area contributed by atoms with Crippen LogP contribution in [0.25, 0.3) is 11.1 Å². The summed E-state index contributed by atoms with van der Waals surface area (Å²) in [6.07, 6.45) is 6.17. The standard InChI is InChI=1S/C16H20N2O2/c1-12-2-3-15(19)8-16(12)14-9-17-18(11-14)10-13-4-6-20-7-5-13/h2-3,8-9,11,13,19H,4-7,10H2,1H3. The molecule has 1 aromatic heterocycles. The minimum Gasteiger partial charge on any atom is -0.508 e. The molecule has 2 aromatic rings. The minimum absolute atomic E-state index is 0.294. The number of aromatic nitrogens is 2. The SMILES string of the molecule is Cc1ccc(O)cc1-c1cnn(CC2CCOCC2)c1. The van der Waals surface area contributed by atoms with Crippen LogP contribution in [0.5, 0.6) is 5.75 Å². The van der Waals surface area contributed by atoms with E-state index in [1.54, 1.807) is 12.1 Å². The van der Waals surface area contributed by atoms with Crippen molar-refractivity contribution in [3.05, 3.63) is 36.2 Å². The fourth-order valence-corrected chi connectivity index (χ4v) is 2.72. The Morgan fingerprint density at radius 2 is 2.15 bits per heavy atom. The van der Waals surface area contributed by atoms with Gasteiger partial charge in [0.05, 0.1) is 6.20 Å². The first kappa shape index (κ1) is 13.2. The summed E-state index contributed by atoms with van der Waals surface area (Å²) in [4.78, 5) is 0. The minimum atomic E-state index is 0.294. The van der Waals surface area contributed by atoms with Gasteiger partial charge in [-0.3, -0.25) is 4.68 Å². The van der Waals surface area contributed by atoms with E-state index < -0.39 is 0 Å². The zero-order valence-corrected chi connectivity index (χ0v) is 11.7. The summed E-state index contributed by atoms with van der Waals surface area (Å²) in [5.74, 6) is 0.949. The average molecular weight is 272 g/mol. The zero-order valence-electron chi connectivity index (χ0n) is 11.7. The average Bonchev–Trinajstić information content (AvgIpc) is 2.91. The molecule has 1 aromatic carbocycles. The van der Waals surface area contributed by atoms with Crippen LogP contribution in [0.1, 0.15) is 18.4 Å². The number of nitrogens with zero attached hydrogens (tertiary/aromatic N) is 2. The molecule has 0 radical (unpaired) electrons. The maximum absolute atomic E-state index is 9.63. The Bertz CT molecular complexity index is 586. The molecule has 0 saturated carbocycles. The van der Waals surface area contributed by atoms with E-state index in [9.17, 15) is 5.11 Å². The molecule has 0 unspecified atom stereocenters. The molecule has 0 aliphatic carbocycles. The topological polar surface area (TPSA) is 47.3 Å². The number of hydrogen-bond donors (Lipinski definition) is 1. The fourth-order valence-electron chi connectivity index (χ4n) is 2.72. The highest BCUT2D eigenvalue weighted by molar-refractivity contribution is 5.67. The maximum Gasteiger partial charge on any atom is 0.116 e. The van der Waals surface area contributed by atoms with Crippen LogP contribution < -0.4 is 0 Å². The third-order valence-electron chi connectivity index (χ3n) is 3.95. The van der Waals surface area contributed by atoms with Gasteiger partial charge in [-0.15, -0.1) is 0 Å².